The average molecular weight is 296 g/mol. The number of carboxylic acid groups (broad SMARTS) is 1. The van der Waals surface area contributed by atoms with Crippen molar-refractivity contribution in [2.75, 3.05) is 4.90 Å². The van der Waals surface area contributed by atoms with E-state index in [1.165, 1.54) is 0 Å². The summed E-state index contributed by atoms with van der Waals surface area (Å²) in [5.74, 6) is -1.58. The van der Waals surface area contributed by atoms with Gasteiger partial charge in [-0.15, -0.1) is 0 Å². The minimum atomic E-state index is -0.887. The van der Waals surface area contributed by atoms with Gasteiger partial charge in [-0.05, 0) is 30.2 Å². The number of carbonyl (C=O) groups excluding carboxylic acids is 1. The summed E-state index contributed by atoms with van der Waals surface area (Å²) < 4.78 is 0. The molecule has 1 fully saturated rings. The van der Waals surface area contributed by atoms with Crippen molar-refractivity contribution < 1.29 is 14.7 Å². The highest BCUT2D eigenvalue weighted by Crippen LogP contribution is 2.39. The molecule has 3 rings (SSSR count). The Bertz CT molecular complexity index is 673. The average Bonchev–Trinajstić information content (AvgIpc) is 2.56. The number of piperidine rings is 1. The first-order valence-electron chi connectivity index (χ1n) is 7.18. The normalized spacial score (nSPS) is 21.6. The topological polar surface area (TPSA) is 70.5 Å². The third-order valence-corrected chi connectivity index (χ3v) is 3.97. The van der Waals surface area contributed by atoms with Gasteiger partial charge in [0, 0.05) is 24.5 Å². The van der Waals surface area contributed by atoms with E-state index >= 15 is 0 Å². The van der Waals surface area contributed by atoms with Gasteiger partial charge in [-0.2, -0.15) is 0 Å². The number of anilines is 1. The van der Waals surface area contributed by atoms with Crippen molar-refractivity contribution in [1.82, 2.24) is 4.98 Å². The summed E-state index contributed by atoms with van der Waals surface area (Å²) in [6.45, 7) is 0. The van der Waals surface area contributed by atoms with Crippen LogP contribution in [0.3, 0.4) is 0 Å². The van der Waals surface area contributed by atoms with E-state index in [2.05, 4.69) is 4.98 Å². The largest absolute Gasteiger partial charge is 0.481 e. The van der Waals surface area contributed by atoms with Crippen LogP contribution in [-0.2, 0) is 9.59 Å². The molecule has 1 amide bonds. The number of rotatable bonds is 3. The third-order valence-electron chi connectivity index (χ3n) is 3.97. The van der Waals surface area contributed by atoms with E-state index in [1.54, 1.807) is 23.4 Å². The Morgan fingerprint density at radius 3 is 2.59 bits per heavy atom. The van der Waals surface area contributed by atoms with Gasteiger partial charge in [-0.1, -0.05) is 24.3 Å². The molecule has 0 saturated carbocycles. The lowest BCUT2D eigenvalue weighted by Crippen LogP contribution is -2.45. The predicted octanol–water partition coefficient (Wildman–Crippen LogP) is 2.65. The summed E-state index contributed by atoms with van der Waals surface area (Å²) in [5.41, 5.74) is 1.46. The van der Waals surface area contributed by atoms with Crippen LogP contribution >= 0.6 is 0 Å². The summed E-state index contributed by atoms with van der Waals surface area (Å²) >= 11 is 0. The van der Waals surface area contributed by atoms with E-state index in [0.29, 0.717) is 12.1 Å². The maximum Gasteiger partial charge on any atom is 0.308 e. The lowest BCUT2D eigenvalue weighted by molar-refractivity contribution is -0.144. The molecule has 1 aliphatic rings. The lowest BCUT2D eigenvalue weighted by Gasteiger charge is -2.39. The minimum absolute atomic E-state index is 0.0578. The van der Waals surface area contributed by atoms with Crippen LogP contribution < -0.4 is 4.90 Å². The van der Waals surface area contributed by atoms with E-state index in [0.717, 1.165) is 5.56 Å². The molecule has 2 aromatic rings. The molecule has 112 valence electrons. The molecule has 1 aromatic carbocycles. The standard InChI is InChI=1S/C17H16N2O3/c20-15-9-8-14(17(21)22)16(12-5-4-10-18-11-12)19(15)13-6-2-1-3-7-13/h1-7,10-11,14,16H,8-9H2,(H,21,22). The van der Waals surface area contributed by atoms with Gasteiger partial charge in [0.05, 0.1) is 12.0 Å². The molecule has 1 aliphatic heterocycles. The van der Waals surface area contributed by atoms with Crippen LogP contribution in [0.4, 0.5) is 5.69 Å². The Morgan fingerprint density at radius 2 is 1.95 bits per heavy atom. The molecule has 2 unspecified atom stereocenters. The van der Waals surface area contributed by atoms with Crippen LogP contribution in [0.15, 0.2) is 54.9 Å². The van der Waals surface area contributed by atoms with Gasteiger partial charge in [0.15, 0.2) is 0 Å². The second kappa shape index (κ2) is 5.97. The van der Waals surface area contributed by atoms with E-state index in [9.17, 15) is 14.7 Å². The number of amides is 1. The van der Waals surface area contributed by atoms with Crippen LogP contribution in [0.5, 0.6) is 0 Å². The second-order valence-electron chi connectivity index (χ2n) is 5.31. The first-order valence-corrected chi connectivity index (χ1v) is 7.18. The molecule has 2 atom stereocenters. The molecule has 0 spiro atoms. The molecular weight excluding hydrogens is 280 g/mol. The Hall–Kier alpha value is -2.69. The summed E-state index contributed by atoms with van der Waals surface area (Å²) in [7, 11) is 0. The van der Waals surface area contributed by atoms with Crippen LogP contribution in [0.2, 0.25) is 0 Å². The molecule has 1 N–H and O–H groups in total. The first-order chi connectivity index (χ1) is 10.7. The number of carboxylic acids is 1. The van der Waals surface area contributed by atoms with Gasteiger partial charge in [0.2, 0.25) is 5.91 Å². The van der Waals surface area contributed by atoms with Crippen molar-refractivity contribution in [2.24, 2.45) is 5.92 Å². The van der Waals surface area contributed by atoms with Gasteiger partial charge < -0.3 is 10.0 Å². The second-order valence-corrected chi connectivity index (χ2v) is 5.31. The number of hydrogen-bond acceptors (Lipinski definition) is 3. The van der Waals surface area contributed by atoms with Crippen molar-refractivity contribution in [2.45, 2.75) is 18.9 Å². The highest BCUT2D eigenvalue weighted by molar-refractivity contribution is 5.96. The summed E-state index contributed by atoms with van der Waals surface area (Å²) in [5, 5.41) is 9.56. The van der Waals surface area contributed by atoms with Crippen molar-refractivity contribution in [1.29, 1.82) is 0 Å². The molecule has 0 radical (unpaired) electrons. The zero-order chi connectivity index (χ0) is 15.5. The van der Waals surface area contributed by atoms with E-state index in [-0.39, 0.29) is 12.3 Å². The van der Waals surface area contributed by atoms with Gasteiger partial charge >= 0.3 is 5.97 Å². The summed E-state index contributed by atoms with van der Waals surface area (Å²) in [6.07, 6.45) is 3.85. The van der Waals surface area contributed by atoms with E-state index < -0.39 is 17.9 Å². The van der Waals surface area contributed by atoms with Crippen molar-refractivity contribution in [3.63, 3.8) is 0 Å². The Balaban J connectivity index is 2.10. The van der Waals surface area contributed by atoms with Crippen LogP contribution in [0.1, 0.15) is 24.4 Å². The molecule has 0 aliphatic carbocycles. The number of aliphatic carboxylic acids is 1. The smallest absolute Gasteiger partial charge is 0.308 e. The third kappa shape index (κ3) is 2.57. The molecule has 1 aromatic heterocycles. The monoisotopic (exact) mass is 296 g/mol. The van der Waals surface area contributed by atoms with Gasteiger partial charge in [-0.25, -0.2) is 0 Å². The van der Waals surface area contributed by atoms with Crippen LogP contribution in [-0.4, -0.2) is 22.0 Å². The fourth-order valence-corrected chi connectivity index (χ4v) is 2.98. The zero-order valence-corrected chi connectivity index (χ0v) is 11.9. The number of hydrogen-bond donors (Lipinski definition) is 1. The minimum Gasteiger partial charge on any atom is -0.481 e. The van der Waals surface area contributed by atoms with Crippen LogP contribution in [0.25, 0.3) is 0 Å². The Labute approximate surface area is 128 Å². The fourth-order valence-electron chi connectivity index (χ4n) is 2.98. The van der Waals surface area contributed by atoms with Crippen molar-refractivity contribution >= 4 is 17.6 Å². The lowest BCUT2D eigenvalue weighted by atomic mass is 9.84. The number of carbonyl (C=O) groups is 2. The molecule has 5 nitrogen and oxygen atoms in total. The first kappa shape index (κ1) is 14.3. The van der Waals surface area contributed by atoms with E-state index in [1.807, 2.05) is 36.4 Å². The van der Waals surface area contributed by atoms with Crippen molar-refractivity contribution in [3.8, 4) is 0 Å². The number of aromatic nitrogens is 1. The molecule has 5 heteroatoms. The predicted molar refractivity (Wildman–Crippen MR) is 81.3 cm³/mol. The maximum atomic E-state index is 12.5. The molecule has 0 bridgehead atoms. The van der Waals surface area contributed by atoms with Crippen LogP contribution in [0, 0.1) is 5.92 Å². The van der Waals surface area contributed by atoms with Gasteiger partial charge in [0.25, 0.3) is 0 Å². The highest BCUT2D eigenvalue weighted by atomic mass is 16.4. The zero-order valence-electron chi connectivity index (χ0n) is 11.9. The highest BCUT2D eigenvalue weighted by Gasteiger charge is 2.41. The maximum absolute atomic E-state index is 12.5. The fraction of sp³-hybridized carbons (Fsp3) is 0.235. The number of pyridine rings is 1. The van der Waals surface area contributed by atoms with Gasteiger partial charge in [-0.3, -0.25) is 14.6 Å². The number of para-hydroxylation sites is 1. The Morgan fingerprint density at radius 1 is 1.18 bits per heavy atom. The number of nitrogens with zero attached hydrogens (tertiary/aromatic N) is 2. The molecule has 22 heavy (non-hydrogen) atoms. The number of benzene rings is 1. The quantitative estimate of drug-likeness (QED) is 0.945. The summed E-state index contributed by atoms with van der Waals surface area (Å²) in [4.78, 5) is 29.8. The Kier molecular flexibility index (Phi) is 3.87. The van der Waals surface area contributed by atoms with Crippen molar-refractivity contribution in [3.05, 3.63) is 60.4 Å². The SMILES string of the molecule is O=C(O)C1CCC(=O)N(c2ccccc2)C1c1cccnc1. The van der Waals surface area contributed by atoms with Gasteiger partial charge in [0.1, 0.15) is 0 Å². The molecular formula is C17H16N2O3. The molecule has 1 saturated heterocycles. The summed E-state index contributed by atoms with van der Waals surface area (Å²) in [6, 6.07) is 12.2. The molecule has 2 heterocycles. The van der Waals surface area contributed by atoms with E-state index in [4.69, 9.17) is 0 Å².